The zero-order chi connectivity index (χ0) is 14.4. The summed E-state index contributed by atoms with van der Waals surface area (Å²) in [4.78, 5) is 5.85. The highest BCUT2D eigenvalue weighted by molar-refractivity contribution is 7.98. The average Bonchev–Trinajstić information content (AvgIpc) is 2.96. The van der Waals surface area contributed by atoms with E-state index in [0.717, 1.165) is 25.3 Å². The lowest BCUT2D eigenvalue weighted by Gasteiger charge is -2.20. The van der Waals surface area contributed by atoms with E-state index >= 15 is 0 Å². The molecule has 1 heterocycles. The van der Waals surface area contributed by atoms with Crippen molar-refractivity contribution in [2.24, 2.45) is 0 Å². The molecule has 1 aromatic carbocycles. The summed E-state index contributed by atoms with van der Waals surface area (Å²) in [6.07, 6.45) is 7.15. The van der Waals surface area contributed by atoms with Gasteiger partial charge in [0.05, 0.1) is 6.04 Å². The Bertz CT molecular complexity index is 519. The van der Waals surface area contributed by atoms with Gasteiger partial charge in [0.25, 0.3) is 0 Å². The lowest BCUT2D eigenvalue weighted by atomic mass is 10.1. The summed E-state index contributed by atoms with van der Waals surface area (Å²) in [6, 6.07) is 8.93. The predicted molar refractivity (Wildman–Crippen MR) is 86.3 cm³/mol. The zero-order valence-corrected chi connectivity index (χ0v) is 13.3. The molecule has 20 heavy (non-hydrogen) atoms. The van der Waals surface area contributed by atoms with Gasteiger partial charge in [-0.1, -0.05) is 19.1 Å². The Labute approximate surface area is 125 Å². The second kappa shape index (κ2) is 7.50. The van der Waals surface area contributed by atoms with Gasteiger partial charge in [0.1, 0.15) is 5.82 Å². The number of benzene rings is 1. The second-order valence-corrected chi connectivity index (χ2v) is 5.61. The number of nitrogens with one attached hydrogen (secondary N) is 1. The van der Waals surface area contributed by atoms with Crippen molar-refractivity contribution in [1.29, 1.82) is 0 Å². The van der Waals surface area contributed by atoms with Crippen LogP contribution >= 0.6 is 11.8 Å². The molecule has 2 rings (SSSR count). The second-order valence-electron chi connectivity index (χ2n) is 4.73. The van der Waals surface area contributed by atoms with Crippen molar-refractivity contribution in [3.63, 3.8) is 0 Å². The van der Waals surface area contributed by atoms with E-state index in [0.29, 0.717) is 0 Å². The summed E-state index contributed by atoms with van der Waals surface area (Å²) in [7, 11) is 0. The van der Waals surface area contributed by atoms with Crippen LogP contribution in [0.2, 0.25) is 0 Å². The van der Waals surface area contributed by atoms with Gasteiger partial charge in [-0.2, -0.15) is 0 Å². The van der Waals surface area contributed by atoms with Gasteiger partial charge in [-0.3, -0.25) is 0 Å². The van der Waals surface area contributed by atoms with Crippen LogP contribution in [0.5, 0.6) is 0 Å². The number of nitrogens with zero attached hydrogens (tertiary/aromatic N) is 2. The summed E-state index contributed by atoms with van der Waals surface area (Å²) >= 11 is 1.77. The molecular formula is C16H23N3S. The summed E-state index contributed by atoms with van der Waals surface area (Å²) in [5.41, 5.74) is 1.28. The third kappa shape index (κ3) is 3.44. The van der Waals surface area contributed by atoms with Crippen LogP contribution in [-0.4, -0.2) is 22.4 Å². The maximum Gasteiger partial charge on any atom is 0.130 e. The monoisotopic (exact) mass is 289 g/mol. The van der Waals surface area contributed by atoms with Crippen LogP contribution in [0.3, 0.4) is 0 Å². The highest BCUT2D eigenvalue weighted by atomic mass is 32.2. The molecule has 3 nitrogen and oxygen atoms in total. The predicted octanol–water partition coefficient (Wildman–Crippen LogP) is 3.71. The summed E-state index contributed by atoms with van der Waals surface area (Å²) in [6.45, 7) is 6.28. The number of imidazole rings is 1. The first-order chi connectivity index (χ1) is 9.80. The highest BCUT2D eigenvalue weighted by Crippen LogP contribution is 2.23. The van der Waals surface area contributed by atoms with Crippen molar-refractivity contribution < 1.29 is 0 Å². The Hall–Kier alpha value is -1.26. The first-order valence-corrected chi connectivity index (χ1v) is 8.41. The molecule has 0 aliphatic carbocycles. The van der Waals surface area contributed by atoms with Gasteiger partial charge >= 0.3 is 0 Å². The topological polar surface area (TPSA) is 29.9 Å². The van der Waals surface area contributed by atoms with Crippen LogP contribution in [0, 0.1) is 0 Å². The molecule has 0 saturated carbocycles. The molecule has 0 bridgehead atoms. The van der Waals surface area contributed by atoms with Crippen LogP contribution < -0.4 is 5.32 Å². The quantitative estimate of drug-likeness (QED) is 0.788. The Kier molecular flexibility index (Phi) is 5.68. The third-order valence-electron chi connectivity index (χ3n) is 3.39. The Morgan fingerprint density at radius 2 is 2.00 bits per heavy atom. The Balaban J connectivity index is 2.30. The van der Waals surface area contributed by atoms with E-state index < -0.39 is 0 Å². The standard InChI is InChI=1S/C16H23N3S/c1-4-10-17-15(16-18-11-12-19(16)5-2)13-6-8-14(20-3)9-7-13/h6-9,11-12,15,17H,4-5,10H2,1-3H3. The van der Waals surface area contributed by atoms with Crippen LogP contribution in [0.15, 0.2) is 41.6 Å². The van der Waals surface area contributed by atoms with Crippen LogP contribution in [-0.2, 0) is 6.54 Å². The number of aromatic nitrogens is 2. The minimum Gasteiger partial charge on any atom is -0.334 e. The summed E-state index contributed by atoms with van der Waals surface area (Å²) < 4.78 is 2.20. The lowest BCUT2D eigenvalue weighted by Crippen LogP contribution is -2.26. The van der Waals surface area contributed by atoms with Gasteiger partial charge in [-0.05, 0) is 43.8 Å². The molecule has 0 fully saturated rings. The molecular weight excluding hydrogens is 266 g/mol. The van der Waals surface area contributed by atoms with E-state index in [1.807, 2.05) is 12.4 Å². The van der Waals surface area contributed by atoms with E-state index in [2.05, 4.69) is 59.2 Å². The molecule has 108 valence electrons. The van der Waals surface area contributed by atoms with Crippen molar-refractivity contribution in [2.45, 2.75) is 37.8 Å². The summed E-state index contributed by atoms with van der Waals surface area (Å²) in [5, 5.41) is 3.61. The van der Waals surface area contributed by atoms with Crippen LogP contribution in [0.25, 0.3) is 0 Å². The molecule has 0 amide bonds. The largest absolute Gasteiger partial charge is 0.334 e. The molecule has 2 aromatic rings. The normalized spacial score (nSPS) is 12.6. The van der Waals surface area contributed by atoms with Crippen LogP contribution in [0.1, 0.15) is 37.7 Å². The number of aryl methyl sites for hydroxylation is 1. The number of hydrogen-bond donors (Lipinski definition) is 1. The average molecular weight is 289 g/mol. The maximum absolute atomic E-state index is 4.55. The lowest BCUT2D eigenvalue weighted by molar-refractivity contribution is 0.541. The molecule has 0 aliphatic rings. The SMILES string of the molecule is CCCNC(c1ccc(SC)cc1)c1nccn1CC. The number of rotatable bonds is 7. The van der Waals surface area contributed by atoms with Gasteiger partial charge in [0, 0.05) is 23.8 Å². The van der Waals surface area contributed by atoms with Crippen molar-refractivity contribution in [1.82, 2.24) is 14.9 Å². The van der Waals surface area contributed by atoms with E-state index in [1.165, 1.54) is 10.5 Å². The van der Waals surface area contributed by atoms with Crippen molar-refractivity contribution in [2.75, 3.05) is 12.8 Å². The van der Waals surface area contributed by atoms with Gasteiger partial charge in [-0.15, -0.1) is 11.8 Å². The van der Waals surface area contributed by atoms with E-state index in [-0.39, 0.29) is 6.04 Å². The molecule has 0 radical (unpaired) electrons. The van der Waals surface area contributed by atoms with E-state index in [9.17, 15) is 0 Å². The first kappa shape index (κ1) is 15.1. The van der Waals surface area contributed by atoms with Gasteiger partial charge in [0.15, 0.2) is 0 Å². The number of thioether (sulfide) groups is 1. The maximum atomic E-state index is 4.55. The minimum absolute atomic E-state index is 0.167. The van der Waals surface area contributed by atoms with E-state index in [4.69, 9.17) is 0 Å². The highest BCUT2D eigenvalue weighted by Gasteiger charge is 2.17. The molecule has 0 spiro atoms. The molecule has 0 saturated heterocycles. The minimum atomic E-state index is 0.167. The first-order valence-electron chi connectivity index (χ1n) is 7.18. The fourth-order valence-corrected chi connectivity index (χ4v) is 2.70. The fourth-order valence-electron chi connectivity index (χ4n) is 2.29. The van der Waals surface area contributed by atoms with Crippen molar-refractivity contribution >= 4 is 11.8 Å². The zero-order valence-electron chi connectivity index (χ0n) is 12.5. The van der Waals surface area contributed by atoms with E-state index in [1.54, 1.807) is 11.8 Å². The van der Waals surface area contributed by atoms with Gasteiger partial charge in [-0.25, -0.2) is 4.98 Å². The molecule has 1 aromatic heterocycles. The van der Waals surface area contributed by atoms with Crippen molar-refractivity contribution in [3.8, 4) is 0 Å². The molecule has 1 unspecified atom stereocenters. The van der Waals surface area contributed by atoms with Gasteiger partial charge in [0.2, 0.25) is 0 Å². The third-order valence-corrected chi connectivity index (χ3v) is 4.14. The smallest absolute Gasteiger partial charge is 0.130 e. The fraction of sp³-hybridized carbons (Fsp3) is 0.438. The molecule has 0 aliphatic heterocycles. The molecule has 4 heteroatoms. The molecule has 1 atom stereocenters. The number of hydrogen-bond acceptors (Lipinski definition) is 3. The van der Waals surface area contributed by atoms with Crippen LogP contribution in [0.4, 0.5) is 0 Å². The molecule has 1 N–H and O–H groups in total. The Morgan fingerprint density at radius 3 is 2.60 bits per heavy atom. The van der Waals surface area contributed by atoms with Crippen molar-refractivity contribution in [3.05, 3.63) is 48.0 Å². The summed E-state index contributed by atoms with van der Waals surface area (Å²) in [5.74, 6) is 1.10. The Morgan fingerprint density at radius 1 is 1.25 bits per heavy atom. The van der Waals surface area contributed by atoms with Gasteiger partial charge < -0.3 is 9.88 Å².